The lowest BCUT2D eigenvalue weighted by molar-refractivity contribution is -0.597. The van der Waals surface area contributed by atoms with Crippen LogP contribution in [0, 0.1) is 71.4 Å². The minimum Gasteiger partial charge on any atom is -0.867 e. The first kappa shape index (κ1) is 130. The quantitative estimate of drug-likeness (QED) is 0.0398. The summed E-state index contributed by atoms with van der Waals surface area (Å²) in [6, 6.07) is 214. The van der Waals surface area contributed by atoms with Crippen molar-refractivity contribution in [3.05, 3.63) is 678 Å². The van der Waals surface area contributed by atoms with Crippen LogP contribution >= 0.6 is 0 Å². The van der Waals surface area contributed by atoms with Crippen LogP contribution in [0.2, 0.25) is 0 Å². The molecule has 20 aromatic rings. The van der Waals surface area contributed by atoms with Crippen molar-refractivity contribution in [2.45, 2.75) is 0 Å². The fraction of sp³-hybridized carbons (Fsp3) is 0. The Labute approximate surface area is 985 Å². The third-order valence-electron chi connectivity index (χ3n) is 16.8. The maximum absolute atomic E-state index is 9.89. The van der Waals surface area contributed by atoms with Gasteiger partial charge in [0, 0.05) is 0 Å². The van der Waals surface area contributed by atoms with Crippen molar-refractivity contribution in [1.29, 1.82) is 0 Å². The topological polar surface area (TPSA) is 231 Å². The Morgan fingerprint density at radius 1 is 0.0867 bits per heavy atom. The maximum atomic E-state index is 9.89. The van der Waals surface area contributed by atoms with E-state index in [2.05, 4.69) is 607 Å². The van der Waals surface area contributed by atoms with Gasteiger partial charge in [-0.15, -0.1) is 0 Å². The average molecular weight is 3120 g/mol. The second-order valence-corrected chi connectivity index (χ2v) is 58.5. The molecule has 0 heterocycles. The molecule has 0 aliphatic rings. The van der Waals surface area contributed by atoms with Crippen molar-refractivity contribution in [2.24, 2.45) is 0 Å². The van der Waals surface area contributed by atoms with Gasteiger partial charge in [-0.2, -0.15) is 0 Å². The van der Waals surface area contributed by atoms with Gasteiger partial charge in [0.1, 0.15) is 37.0 Å². The van der Waals surface area contributed by atoms with Crippen LogP contribution in [0.3, 0.4) is 0 Å². The van der Waals surface area contributed by atoms with Gasteiger partial charge in [-0.1, -0.05) is 364 Å². The highest BCUT2D eigenvalue weighted by atomic mass is 127. The summed E-state index contributed by atoms with van der Waals surface area (Å²) in [7, 11) is -15.8. The summed E-state index contributed by atoms with van der Waals surface area (Å²) in [4.78, 5) is 0. The van der Waals surface area contributed by atoms with E-state index in [-0.39, 0.29) is 212 Å². The molecule has 0 saturated heterocycles. The summed E-state index contributed by atoms with van der Waals surface area (Å²) >= 11 is 0.287. The van der Waals surface area contributed by atoms with Gasteiger partial charge in [0.25, 0.3) is 0 Å². The summed E-state index contributed by atoms with van der Waals surface area (Å²) in [5.74, 6) is 0. The second kappa shape index (κ2) is 87.6. The smallest absolute Gasteiger partial charge is 0.357 e. The van der Waals surface area contributed by atoms with E-state index >= 15 is 0 Å². The molecule has 20 aromatic carbocycles. The molecule has 0 aromatic heterocycles. The Morgan fingerprint density at radius 2 is 0.120 bits per heavy atom. The Hall–Kier alpha value is -8.73. The van der Waals surface area contributed by atoms with Crippen LogP contribution in [0.5, 0.6) is 0 Å². The minimum absolute atomic E-state index is 0.0287. The standard InChI is InChI=1S/10C12H10I.5BFO2/c10*1-3-7-11(8-4-1)13-12-9-5-2-6-10-12;5*2-1(3)4/h10*1-10H;;;;;/q10*+1;5*-2. The third-order valence-corrected chi connectivity index (χ3v) is 43.7. The summed E-state index contributed by atoms with van der Waals surface area (Å²) in [5, 5.41) is 83.1. The fourth-order valence-corrected chi connectivity index (χ4v) is 33.5. The van der Waals surface area contributed by atoms with Gasteiger partial charge in [0.2, 0.25) is 0 Å². The molecule has 0 bridgehead atoms. The first-order valence-electron chi connectivity index (χ1n) is 45.4. The van der Waals surface area contributed by atoms with Gasteiger partial charge < -0.3 is 71.8 Å². The zero-order valence-electron chi connectivity index (χ0n) is 80.4. The molecule has 0 aliphatic heterocycles. The first-order valence-corrected chi connectivity index (χ1v) is 67.0. The lowest BCUT2D eigenvalue weighted by atomic mass is 10.3. The molecular weight excluding hydrogens is 3020 g/mol. The van der Waals surface area contributed by atoms with Crippen molar-refractivity contribution in [2.75, 3.05) is 0 Å². The Bertz CT molecular complexity index is 4800. The molecule has 10 nitrogen and oxygen atoms in total. The summed E-state index contributed by atoms with van der Waals surface area (Å²) in [6.07, 6.45) is 0. The zero-order chi connectivity index (χ0) is 107. The minimum atomic E-state index is -3.17. The molecule has 0 unspecified atom stereocenters. The van der Waals surface area contributed by atoms with Gasteiger partial charge >= 0.3 is 212 Å². The molecule has 20 rings (SSSR count). The lowest BCUT2D eigenvalue weighted by Crippen LogP contribution is -3.61. The van der Waals surface area contributed by atoms with Gasteiger partial charge in [-0.3, -0.25) is 0 Å². The van der Waals surface area contributed by atoms with E-state index < -0.39 is 37.0 Å². The molecule has 0 fully saturated rings. The summed E-state index contributed by atoms with van der Waals surface area (Å²) < 4.78 is 79.0. The number of hydrogen-bond donors (Lipinski definition) is 0. The summed E-state index contributed by atoms with van der Waals surface area (Å²) in [5.41, 5.74) is 0. The van der Waals surface area contributed by atoms with E-state index in [0.717, 1.165) is 0 Å². The van der Waals surface area contributed by atoms with Crippen LogP contribution in [0.15, 0.2) is 607 Å². The van der Waals surface area contributed by atoms with Crippen LogP contribution < -0.4 is 262 Å². The van der Waals surface area contributed by atoms with Crippen LogP contribution in [0.25, 0.3) is 0 Å². The largest absolute Gasteiger partial charge is 0.867 e. The van der Waals surface area contributed by atoms with E-state index in [0.29, 0.717) is 0 Å². The molecule has 0 atom stereocenters. The van der Waals surface area contributed by atoms with Crippen molar-refractivity contribution in [3.63, 3.8) is 0 Å². The van der Waals surface area contributed by atoms with Gasteiger partial charge in [0.15, 0.2) is 71.4 Å². The van der Waals surface area contributed by atoms with Crippen LogP contribution in [0.4, 0.5) is 21.6 Å². The molecule has 0 N–H and O–H groups in total. The molecule has 0 saturated carbocycles. The Kier molecular flexibility index (Phi) is 75.8. The number of hydrogen-bond acceptors (Lipinski definition) is 10. The van der Waals surface area contributed by atoms with E-state index in [1.54, 1.807) is 0 Å². The molecule has 30 heteroatoms. The van der Waals surface area contributed by atoms with Gasteiger partial charge in [-0.05, 0) is 243 Å². The average Bonchev–Trinajstić information content (AvgIpc) is 0.955. The highest BCUT2D eigenvalue weighted by Crippen LogP contribution is 1.97. The SMILES string of the molecule is [O-]B([O-])F.[O-]B([O-])F.[O-]B([O-])F.[O-]B([O-])F.[O-]B([O-])F.c1ccc([I+]c2ccccc2)cc1.c1ccc([I+]c2ccccc2)cc1.c1ccc([I+]c2ccccc2)cc1.c1ccc([I+]c2ccccc2)cc1.c1ccc([I+]c2ccccc2)cc1.c1ccc([I+]c2ccccc2)cc1.c1ccc([I+]c2ccccc2)cc1.c1ccc([I+]c2ccccc2)cc1.c1ccc([I+]c2ccccc2)cc1.c1ccc([I+]c2ccccc2)cc1. The number of benzene rings is 20. The Morgan fingerprint density at radius 3 is 0.153 bits per heavy atom. The molecule has 0 amide bonds. The predicted octanol–water partition coefficient (Wildman–Crippen LogP) is -13.5. The maximum Gasteiger partial charge on any atom is 0.357 e. The number of rotatable bonds is 20. The first-order chi connectivity index (χ1) is 73.2. The van der Waals surface area contributed by atoms with E-state index in [1.165, 1.54) is 71.4 Å². The van der Waals surface area contributed by atoms with Gasteiger partial charge in [-0.25, -0.2) is 0 Å². The van der Waals surface area contributed by atoms with Gasteiger partial charge in [0.05, 0.1) is 0 Å². The molecule has 0 spiro atoms. The van der Waals surface area contributed by atoms with Crippen LogP contribution in [0.1, 0.15) is 0 Å². The van der Waals surface area contributed by atoms with Crippen LogP contribution in [-0.2, 0) is 0 Å². The molecule has 150 heavy (non-hydrogen) atoms. The molecule has 760 valence electrons. The van der Waals surface area contributed by atoms with Crippen molar-refractivity contribution in [3.8, 4) is 0 Å². The molecule has 0 radical (unpaired) electrons. The summed E-state index contributed by atoms with van der Waals surface area (Å²) in [6.45, 7) is 0. The highest BCUT2D eigenvalue weighted by molar-refractivity contribution is 6.28. The monoisotopic (exact) mass is 3120 g/mol. The van der Waals surface area contributed by atoms with Crippen LogP contribution in [-0.4, -0.2) is 37.0 Å². The Balaban J connectivity index is 0.000000249. The van der Waals surface area contributed by atoms with E-state index in [1.807, 2.05) is 0 Å². The fourth-order valence-electron chi connectivity index (χ4n) is 10.8. The normalized spacial score (nSPS) is 9.43. The third kappa shape index (κ3) is 72.8. The molecular formula is C120H100B5F5I10O10. The van der Waals surface area contributed by atoms with Crippen molar-refractivity contribution < 1.29 is 284 Å². The lowest BCUT2D eigenvalue weighted by Gasteiger charge is -2.09. The van der Waals surface area contributed by atoms with E-state index in [9.17, 15) is 21.6 Å². The highest BCUT2D eigenvalue weighted by Gasteiger charge is 2.21. The van der Waals surface area contributed by atoms with E-state index in [4.69, 9.17) is 50.2 Å². The molecule has 0 aliphatic carbocycles. The predicted molar refractivity (Wildman–Crippen MR) is 537 cm³/mol. The van der Waals surface area contributed by atoms with Crippen molar-refractivity contribution in [1.82, 2.24) is 0 Å². The number of halogens is 15. The second-order valence-electron chi connectivity index (χ2n) is 28.2. The zero-order valence-corrected chi connectivity index (χ0v) is 102. The van der Waals surface area contributed by atoms with Crippen molar-refractivity contribution >= 4 is 37.0 Å².